The Morgan fingerprint density at radius 1 is 0.276 bits per heavy atom. The van der Waals surface area contributed by atoms with Crippen molar-refractivity contribution in [1.29, 1.82) is 5.26 Å². The van der Waals surface area contributed by atoms with Crippen molar-refractivity contribution in [2.45, 2.75) is 34.6 Å². The molecule has 0 aliphatic heterocycles. The molecule has 0 bridgehead atoms. The minimum absolute atomic E-state index is 0.550. The molecule has 19 rings (SSSR count). The molecule has 14 aromatic carbocycles. The summed E-state index contributed by atoms with van der Waals surface area (Å²) in [5, 5.41) is 23.1. The average molecular weight is 1270 g/mol. The largest absolute Gasteiger partial charge is 0.309 e. The van der Waals surface area contributed by atoms with E-state index in [0.717, 1.165) is 132 Å². The van der Waals surface area contributed by atoms with Crippen LogP contribution in [0.4, 0.5) is 0 Å². The summed E-state index contributed by atoms with van der Waals surface area (Å²) in [4.78, 5) is 5.56. The quantitative estimate of drug-likeness (QED) is 0.145. The van der Waals surface area contributed by atoms with Crippen molar-refractivity contribution in [3.05, 3.63) is 318 Å². The van der Waals surface area contributed by atoms with Gasteiger partial charge in [-0.2, -0.15) is 5.26 Å². The lowest BCUT2D eigenvalue weighted by atomic mass is 9.77. The van der Waals surface area contributed by atoms with E-state index < -0.39 is 0 Å². The second-order valence-corrected chi connectivity index (χ2v) is 27.6. The van der Waals surface area contributed by atoms with E-state index in [4.69, 9.17) is 4.98 Å². The third kappa shape index (κ3) is 8.81. The van der Waals surface area contributed by atoms with Gasteiger partial charge < -0.3 is 18.3 Å². The van der Waals surface area contributed by atoms with Gasteiger partial charge in [-0.05, 0) is 208 Å². The zero-order valence-corrected chi connectivity index (χ0v) is 55.5. The van der Waals surface area contributed by atoms with Crippen LogP contribution in [0.2, 0.25) is 0 Å². The molecular weight excluding hydrogens is 1210 g/mol. The maximum absolute atomic E-state index is 12.6. The Morgan fingerprint density at radius 2 is 0.551 bits per heavy atom. The number of para-hydroxylation sites is 4. The first-order valence-electron chi connectivity index (χ1n) is 33.5. The molecule has 0 spiro atoms. The summed E-state index contributed by atoms with van der Waals surface area (Å²) in [7, 11) is 0. The molecule has 0 aliphatic rings. The second-order valence-electron chi connectivity index (χ2n) is 26.5. The Bertz CT molecular complexity index is 6490. The molecule has 0 atom stereocenters. The Hall–Kier alpha value is -12.3. The third-order valence-electron chi connectivity index (χ3n) is 20.3. The van der Waals surface area contributed by atoms with Gasteiger partial charge in [0.1, 0.15) is 11.1 Å². The second kappa shape index (κ2) is 22.1. The molecular formula is C91H62N6S. The van der Waals surface area contributed by atoms with Crippen LogP contribution in [0.3, 0.4) is 0 Å². The number of thiazole rings is 1. The van der Waals surface area contributed by atoms with Crippen LogP contribution >= 0.6 is 11.3 Å². The van der Waals surface area contributed by atoms with Crippen LogP contribution in [0, 0.1) is 45.9 Å². The van der Waals surface area contributed by atoms with Crippen molar-refractivity contribution < 1.29 is 0 Å². The number of nitriles is 1. The van der Waals surface area contributed by atoms with Gasteiger partial charge in [-0.3, -0.25) is 0 Å². The van der Waals surface area contributed by atoms with Crippen molar-refractivity contribution in [2.75, 3.05) is 0 Å². The first-order valence-corrected chi connectivity index (χ1v) is 34.4. The van der Waals surface area contributed by atoms with E-state index in [1.54, 1.807) is 11.3 Å². The Balaban J connectivity index is 0.922. The number of hydrogen-bond donors (Lipinski definition) is 0. The monoisotopic (exact) mass is 1270 g/mol. The van der Waals surface area contributed by atoms with Gasteiger partial charge in [0.2, 0.25) is 0 Å². The molecule has 0 saturated heterocycles. The molecule has 0 radical (unpaired) electrons. The van der Waals surface area contributed by atoms with Gasteiger partial charge >= 0.3 is 0 Å². The fourth-order valence-electron chi connectivity index (χ4n) is 15.9. The van der Waals surface area contributed by atoms with E-state index in [9.17, 15) is 5.26 Å². The van der Waals surface area contributed by atoms with E-state index in [-0.39, 0.29) is 0 Å². The summed E-state index contributed by atoms with van der Waals surface area (Å²) in [6.07, 6.45) is 0. The molecule has 19 aromatic rings. The fraction of sp³-hybridized carbons (Fsp3) is 0.0549. The highest BCUT2D eigenvalue weighted by Gasteiger charge is 2.31. The van der Waals surface area contributed by atoms with Crippen molar-refractivity contribution >= 4 is 109 Å². The van der Waals surface area contributed by atoms with Gasteiger partial charge in [-0.15, -0.1) is 11.3 Å². The van der Waals surface area contributed by atoms with E-state index in [1.807, 2.05) is 0 Å². The van der Waals surface area contributed by atoms with E-state index in [2.05, 4.69) is 344 Å². The summed E-state index contributed by atoms with van der Waals surface area (Å²) in [6, 6.07) is 108. The van der Waals surface area contributed by atoms with Crippen LogP contribution in [0.15, 0.2) is 285 Å². The number of fused-ring (bicyclic) bond motifs is 13. The van der Waals surface area contributed by atoms with Crippen molar-refractivity contribution in [2.24, 2.45) is 0 Å². The van der Waals surface area contributed by atoms with Gasteiger partial charge in [-0.25, -0.2) is 4.98 Å². The molecule has 98 heavy (non-hydrogen) atoms. The summed E-state index contributed by atoms with van der Waals surface area (Å²) in [6.45, 7) is 10.8. The van der Waals surface area contributed by atoms with Gasteiger partial charge in [-0.1, -0.05) is 173 Å². The lowest BCUT2D eigenvalue weighted by Crippen LogP contribution is -2.03. The lowest BCUT2D eigenvalue weighted by molar-refractivity contribution is 1.18. The molecule has 0 unspecified atom stereocenters. The Morgan fingerprint density at radius 3 is 0.888 bits per heavy atom. The number of aromatic nitrogens is 5. The van der Waals surface area contributed by atoms with Crippen LogP contribution in [0.5, 0.6) is 0 Å². The summed E-state index contributed by atoms with van der Waals surface area (Å²) in [5.74, 6) is 0. The summed E-state index contributed by atoms with van der Waals surface area (Å²) in [5.41, 5.74) is 29.2. The Kier molecular flexibility index (Phi) is 12.9. The molecule has 462 valence electrons. The van der Waals surface area contributed by atoms with E-state index in [1.165, 1.54) is 70.9 Å². The molecule has 5 heterocycles. The smallest absolute Gasteiger partial charge is 0.126 e. The SMILES string of the molecule is Cc1ccc2c(c1)c1ccccc1n2-c1ccc(-c2c(C#N)c(-c3nc4ccccc4s3)c(-c3ccc(-n4c5ccc(C)cc5c5cc(C)ccc54)cc3)c(-c3ccc(-n4c5ccccc5c5cc(C)ccc54)cc3)c2-c2ccc(-n3c4ccccc4c4cc(C)ccc43)cc2)cc1. The number of hydrogen-bond acceptors (Lipinski definition) is 3. The predicted octanol–water partition coefficient (Wildman–Crippen LogP) is 24.4. The highest BCUT2D eigenvalue weighted by atomic mass is 32.1. The van der Waals surface area contributed by atoms with Crippen LogP contribution < -0.4 is 0 Å². The number of aryl methyl sites for hydroxylation is 5. The number of benzene rings is 14. The molecule has 6 nitrogen and oxygen atoms in total. The normalized spacial score (nSPS) is 11.9. The van der Waals surface area contributed by atoms with Crippen LogP contribution in [-0.2, 0) is 0 Å². The van der Waals surface area contributed by atoms with Crippen molar-refractivity contribution in [3.8, 4) is 83.9 Å². The molecule has 7 heteroatoms. The zero-order chi connectivity index (χ0) is 65.6. The molecule has 0 fully saturated rings. The van der Waals surface area contributed by atoms with Crippen LogP contribution in [0.1, 0.15) is 33.4 Å². The highest BCUT2D eigenvalue weighted by molar-refractivity contribution is 7.21. The third-order valence-corrected chi connectivity index (χ3v) is 21.4. The average Bonchev–Trinajstić information content (AvgIpc) is 1.04. The van der Waals surface area contributed by atoms with Gasteiger partial charge in [0.15, 0.2) is 0 Å². The van der Waals surface area contributed by atoms with Crippen LogP contribution in [-0.4, -0.2) is 23.3 Å². The van der Waals surface area contributed by atoms with Gasteiger partial charge in [0, 0.05) is 82.5 Å². The minimum Gasteiger partial charge on any atom is -0.309 e. The topological polar surface area (TPSA) is 56.4 Å². The zero-order valence-electron chi connectivity index (χ0n) is 54.7. The maximum atomic E-state index is 12.6. The van der Waals surface area contributed by atoms with E-state index >= 15 is 0 Å². The maximum Gasteiger partial charge on any atom is 0.126 e. The van der Waals surface area contributed by atoms with E-state index in [0.29, 0.717) is 5.56 Å². The molecule has 0 aliphatic carbocycles. The van der Waals surface area contributed by atoms with Gasteiger partial charge in [0.05, 0.1) is 59.9 Å². The number of rotatable bonds is 9. The first-order chi connectivity index (χ1) is 48.1. The first kappa shape index (κ1) is 57.1. The van der Waals surface area contributed by atoms with Gasteiger partial charge in [0.25, 0.3) is 0 Å². The summed E-state index contributed by atoms with van der Waals surface area (Å²) >= 11 is 1.64. The highest BCUT2D eigenvalue weighted by Crippen LogP contribution is 2.55. The fourth-order valence-corrected chi connectivity index (χ4v) is 17.0. The summed E-state index contributed by atoms with van der Waals surface area (Å²) < 4.78 is 10.6. The standard InChI is InChI=1S/C91H62N6S/c1-54-22-43-80-70(48-54)67-14-6-10-18-77(67)94(80)63-35-27-59(28-36-63)86-75(53-92)90(91-93-76-17-9-13-21-85(76)98-91)89(62-33-41-66(42-34-62)97-83-46-25-57(4)51-73(83)74-52-58(5)26-47-84(74)97)88(61-31-39-65(40-32-61)96-79-20-12-8-16-69(79)72-50-56(3)24-45-82(72)96)87(86)60-29-37-64(38-30-60)95-78-19-11-7-15-68(78)71-49-55(2)23-44-81(71)95/h6-52H,1-5H3. The predicted molar refractivity (Wildman–Crippen MR) is 413 cm³/mol. The van der Waals surface area contributed by atoms with Crippen LogP contribution in [0.25, 0.3) is 175 Å². The molecule has 5 aromatic heterocycles. The minimum atomic E-state index is 0.550. The molecule has 0 N–H and O–H groups in total. The Labute approximate surface area is 570 Å². The van der Waals surface area contributed by atoms with Crippen molar-refractivity contribution in [3.63, 3.8) is 0 Å². The van der Waals surface area contributed by atoms with Crippen molar-refractivity contribution in [1.82, 2.24) is 23.3 Å². The molecule has 0 saturated carbocycles. The molecule has 0 amide bonds. The number of nitrogens with zero attached hydrogens (tertiary/aromatic N) is 6. The lowest BCUT2D eigenvalue weighted by Gasteiger charge is -2.26.